The molecule has 0 spiro atoms. The number of aliphatic hydroxyl groups is 1. The molecular formula is C7H14O3S. The first-order valence-electron chi connectivity index (χ1n) is 3.44. The summed E-state index contributed by atoms with van der Waals surface area (Å²) < 4.78 is 0. The predicted molar refractivity (Wildman–Crippen MR) is 44.3 cm³/mol. The van der Waals surface area contributed by atoms with Crippen LogP contribution in [0.4, 0.5) is 0 Å². The van der Waals surface area contributed by atoms with Gasteiger partial charge in [0.05, 0.1) is 18.6 Å². The lowest BCUT2D eigenvalue weighted by Crippen LogP contribution is -2.28. The topological polar surface area (TPSA) is 60.4 Å². The first kappa shape index (κ1) is 10.8. The number of rotatable bonds is 5. The van der Waals surface area contributed by atoms with Crippen molar-refractivity contribution in [3.05, 3.63) is 0 Å². The Labute approximate surface area is 69.8 Å². The molecule has 0 aromatic heterocycles. The Bertz CT molecular complexity index is 125. The zero-order valence-electron chi connectivity index (χ0n) is 6.87. The average molecular weight is 178 g/mol. The standard InChI is InChI=1S/C7H14O3S/c1-11(2)4-3-6(8)5-7(9)10/h6,8H,3-5H2,1-2H3/t6-/m1/s1. The van der Waals surface area contributed by atoms with Crippen molar-refractivity contribution in [2.75, 3.05) is 18.3 Å². The second-order valence-corrected chi connectivity index (χ2v) is 5.09. The first-order chi connectivity index (χ1) is 5.02. The van der Waals surface area contributed by atoms with Crippen molar-refractivity contribution in [1.82, 2.24) is 0 Å². The van der Waals surface area contributed by atoms with Gasteiger partial charge in [0.1, 0.15) is 5.75 Å². The van der Waals surface area contributed by atoms with E-state index >= 15 is 0 Å². The van der Waals surface area contributed by atoms with E-state index in [1.807, 2.05) is 0 Å². The van der Waals surface area contributed by atoms with Gasteiger partial charge in [0, 0.05) is 18.8 Å². The van der Waals surface area contributed by atoms with Crippen LogP contribution in [-0.4, -0.2) is 35.4 Å². The number of carboxylic acids is 1. The fraction of sp³-hybridized carbons (Fsp3) is 0.857. The van der Waals surface area contributed by atoms with Crippen LogP contribution >= 0.6 is 0 Å². The smallest absolute Gasteiger partial charge is 0.110 e. The van der Waals surface area contributed by atoms with Crippen LogP contribution in [0.5, 0.6) is 0 Å². The Morgan fingerprint density at radius 2 is 2.18 bits per heavy atom. The highest BCUT2D eigenvalue weighted by molar-refractivity contribution is 7.95. The molecule has 0 amide bonds. The Balaban J connectivity index is 3.37. The van der Waals surface area contributed by atoms with Crippen LogP contribution < -0.4 is 5.11 Å². The van der Waals surface area contributed by atoms with E-state index in [1.165, 1.54) is 0 Å². The lowest BCUT2D eigenvalue weighted by molar-refractivity contribution is -0.307. The third-order valence-corrected chi connectivity index (χ3v) is 2.31. The maximum Gasteiger partial charge on any atom is 0.110 e. The van der Waals surface area contributed by atoms with Crippen LogP contribution in [0, 0.1) is 0 Å². The van der Waals surface area contributed by atoms with Crippen molar-refractivity contribution < 1.29 is 15.0 Å². The molecule has 3 nitrogen and oxygen atoms in total. The zero-order chi connectivity index (χ0) is 8.85. The zero-order valence-corrected chi connectivity index (χ0v) is 7.69. The molecule has 0 aromatic carbocycles. The molecule has 0 saturated carbocycles. The summed E-state index contributed by atoms with van der Waals surface area (Å²) in [5, 5.41) is 19.0. The van der Waals surface area contributed by atoms with Gasteiger partial charge in [-0.25, -0.2) is 0 Å². The molecule has 0 bridgehead atoms. The molecule has 0 aliphatic heterocycles. The maximum absolute atomic E-state index is 9.99. The number of carbonyl (C=O) groups is 1. The summed E-state index contributed by atoms with van der Waals surface area (Å²) in [6, 6.07) is 0. The molecule has 0 radical (unpaired) electrons. The van der Waals surface area contributed by atoms with Gasteiger partial charge < -0.3 is 15.0 Å². The van der Waals surface area contributed by atoms with E-state index in [-0.39, 0.29) is 17.3 Å². The lowest BCUT2D eigenvalue weighted by atomic mass is 10.2. The highest BCUT2D eigenvalue weighted by atomic mass is 32.2. The number of aliphatic carboxylic acids is 1. The molecule has 0 saturated heterocycles. The molecule has 0 rings (SSSR count). The van der Waals surface area contributed by atoms with Crippen molar-refractivity contribution in [3.63, 3.8) is 0 Å². The van der Waals surface area contributed by atoms with Gasteiger partial charge in [0.15, 0.2) is 0 Å². The van der Waals surface area contributed by atoms with Crippen LogP contribution in [0.1, 0.15) is 12.8 Å². The molecule has 0 aliphatic carbocycles. The second kappa shape index (κ2) is 5.43. The van der Waals surface area contributed by atoms with Gasteiger partial charge in [-0.3, -0.25) is 0 Å². The van der Waals surface area contributed by atoms with Gasteiger partial charge in [0.2, 0.25) is 0 Å². The number of hydrogen-bond acceptors (Lipinski definition) is 3. The highest BCUT2D eigenvalue weighted by Crippen LogP contribution is 1.99. The molecule has 0 heterocycles. The quantitative estimate of drug-likeness (QED) is 0.535. The normalized spacial score (nSPS) is 13.5. The van der Waals surface area contributed by atoms with Crippen molar-refractivity contribution in [1.29, 1.82) is 0 Å². The third kappa shape index (κ3) is 7.68. The van der Waals surface area contributed by atoms with Crippen molar-refractivity contribution in [3.8, 4) is 0 Å². The summed E-state index contributed by atoms with van der Waals surface area (Å²) in [7, 11) is 0.276. The molecule has 66 valence electrons. The largest absolute Gasteiger partial charge is 0.550 e. The molecule has 0 aromatic rings. The summed E-state index contributed by atoms with van der Waals surface area (Å²) in [6.07, 6.45) is 3.72. The lowest BCUT2D eigenvalue weighted by Gasteiger charge is -2.08. The molecular weight excluding hydrogens is 164 g/mol. The van der Waals surface area contributed by atoms with Gasteiger partial charge in [-0.2, -0.15) is 0 Å². The van der Waals surface area contributed by atoms with Crippen molar-refractivity contribution in [2.24, 2.45) is 0 Å². The van der Waals surface area contributed by atoms with Crippen LogP contribution in [0.25, 0.3) is 0 Å². The molecule has 0 unspecified atom stereocenters. The van der Waals surface area contributed by atoms with E-state index in [0.717, 1.165) is 5.75 Å². The van der Waals surface area contributed by atoms with E-state index in [0.29, 0.717) is 6.42 Å². The third-order valence-electron chi connectivity index (χ3n) is 1.26. The van der Waals surface area contributed by atoms with E-state index in [2.05, 4.69) is 12.5 Å². The van der Waals surface area contributed by atoms with E-state index in [4.69, 9.17) is 5.11 Å². The summed E-state index contributed by atoms with van der Waals surface area (Å²) >= 11 is 0. The fourth-order valence-electron chi connectivity index (χ4n) is 0.666. The summed E-state index contributed by atoms with van der Waals surface area (Å²) in [5.41, 5.74) is 0. The van der Waals surface area contributed by atoms with E-state index in [9.17, 15) is 9.90 Å². The predicted octanol–water partition coefficient (Wildman–Crippen LogP) is -1.24. The average Bonchev–Trinajstić information content (AvgIpc) is 1.82. The summed E-state index contributed by atoms with van der Waals surface area (Å²) in [4.78, 5) is 9.99. The molecule has 0 aliphatic rings. The number of carboxylic acid groups (broad SMARTS) is 1. The highest BCUT2D eigenvalue weighted by Gasteiger charge is 2.09. The van der Waals surface area contributed by atoms with Gasteiger partial charge in [-0.1, -0.05) is 0 Å². The molecule has 1 atom stereocenters. The van der Waals surface area contributed by atoms with Gasteiger partial charge in [-0.15, -0.1) is 0 Å². The number of aliphatic hydroxyl groups excluding tert-OH is 1. The van der Waals surface area contributed by atoms with Crippen LogP contribution in [-0.2, 0) is 15.7 Å². The van der Waals surface area contributed by atoms with Crippen molar-refractivity contribution >= 4 is 16.9 Å². The van der Waals surface area contributed by atoms with Gasteiger partial charge in [-0.05, 0) is 10.9 Å². The molecule has 0 fully saturated rings. The maximum atomic E-state index is 9.99. The Kier molecular flexibility index (Phi) is 5.32. The SMILES string of the molecule is C[S+](C)CC[C@@H](O)CC(=O)[O-]. The molecule has 4 heteroatoms. The van der Waals surface area contributed by atoms with Crippen LogP contribution in [0.2, 0.25) is 0 Å². The van der Waals surface area contributed by atoms with Crippen molar-refractivity contribution in [2.45, 2.75) is 18.9 Å². The first-order valence-corrected chi connectivity index (χ1v) is 5.65. The number of carbonyl (C=O) groups excluding carboxylic acids is 1. The monoisotopic (exact) mass is 178 g/mol. The Morgan fingerprint density at radius 1 is 1.64 bits per heavy atom. The van der Waals surface area contributed by atoms with E-state index < -0.39 is 12.1 Å². The summed E-state index contributed by atoms with van der Waals surface area (Å²) in [5.74, 6) is -0.293. The Morgan fingerprint density at radius 3 is 2.55 bits per heavy atom. The summed E-state index contributed by atoms with van der Waals surface area (Å²) in [6.45, 7) is 0. The van der Waals surface area contributed by atoms with Gasteiger partial charge in [0.25, 0.3) is 0 Å². The fourth-order valence-corrected chi connectivity index (χ4v) is 1.41. The minimum absolute atomic E-state index is 0.239. The van der Waals surface area contributed by atoms with Gasteiger partial charge >= 0.3 is 0 Å². The van der Waals surface area contributed by atoms with Crippen LogP contribution in [0.15, 0.2) is 0 Å². The minimum Gasteiger partial charge on any atom is -0.550 e. The minimum atomic E-state index is -1.18. The van der Waals surface area contributed by atoms with E-state index in [1.54, 1.807) is 0 Å². The number of hydrogen-bond donors (Lipinski definition) is 1. The molecule has 11 heavy (non-hydrogen) atoms. The van der Waals surface area contributed by atoms with Crippen LogP contribution in [0.3, 0.4) is 0 Å². The second-order valence-electron chi connectivity index (χ2n) is 2.71. The molecule has 1 N–H and O–H groups in total. The Hall–Kier alpha value is -0.220.